The van der Waals surface area contributed by atoms with E-state index in [0.29, 0.717) is 37.6 Å². The van der Waals surface area contributed by atoms with Crippen LogP contribution in [-0.2, 0) is 10.2 Å². The summed E-state index contributed by atoms with van der Waals surface area (Å²) >= 11 is 6.14. The van der Waals surface area contributed by atoms with Gasteiger partial charge in [0.15, 0.2) is 0 Å². The maximum atomic E-state index is 14.0. The molecule has 28 heavy (non-hydrogen) atoms. The highest BCUT2D eigenvalue weighted by molar-refractivity contribution is 6.30. The van der Waals surface area contributed by atoms with Gasteiger partial charge in [-0.1, -0.05) is 23.7 Å². The summed E-state index contributed by atoms with van der Waals surface area (Å²) in [6.45, 7) is 2.70. The molecule has 1 N–H and O–H groups in total. The van der Waals surface area contributed by atoms with Gasteiger partial charge < -0.3 is 10.1 Å². The number of amides is 1. The van der Waals surface area contributed by atoms with E-state index in [9.17, 15) is 19.3 Å². The molecule has 0 radical (unpaired) electrons. The van der Waals surface area contributed by atoms with Crippen molar-refractivity contribution < 1.29 is 18.8 Å². The Hall–Kier alpha value is -2.51. The predicted molar refractivity (Wildman–Crippen MR) is 103 cm³/mol. The zero-order valence-electron chi connectivity index (χ0n) is 15.3. The second-order valence-corrected chi connectivity index (χ2v) is 7.38. The fourth-order valence-corrected chi connectivity index (χ4v) is 3.67. The van der Waals surface area contributed by atoms with Crippen molar-refractivity contribution in [3.8, 4) is 0 Å². The Morgan fingerprint density at radius 2 is 2.04 bits per heavy atom. The summed E-state index contributed by atoms with van der Waals surface area (Å²) in [5, 5.41) is 14.5. The van der Waals surface area contributed by atoms with Crippen molar-refractivity contribution in [2.45, 2.75) is 25.2 Å². The quantitative estimate of drug-likeness (QED) is 0.596. The molecule has 6 nitrogen and oxygen atoms in total. The summed E-state index contributed by atoms with van der Waals surface area (Å²) in [4.78, 5) is 23.0. The minimum atomic E-state index is -0.782. The van der Waals surface area contributed by atoms with Gasteiger partial charge in [-0.15, -0.1) is 0 Å². The Bertz CT molecular complexity index is 913. The lowest BCUT2D eigenvalue weighted by molar-refractivity contribution is -0.385. The fourth-order valence-electron chi connectivity index (χ4n) is 3.48. The fraction of sp³-hybridized carbons (Fsp3) is 0.350. The molecule has 2 aromatic carbocycles. The van der Waals surface area contributed by atoms with Gasteiger partial charge in [-0.25, -0.2) is 4.39 Å². The van der Waals surface area contributed by atoms with Crippen molar-refractivity contribution in [2.24, 2.45) is 0 Å². The monoisotopic (exact) mass is 406 g/mol. The van der Waals surface area contributed by atoms with Crippen LogP contribution in [-0.4, -0.2) is 30.6 Å². The Labute approximate surface area is 166 Å². The van der Waals surface area contributed by atoms with Crippen LogP contribution >= 0.6 is 11.6 Å². The highest BCUT2D eigenvalue weighted by Gasteiger charge is 2.35. The lowest BCUT2D eigenvalue weighted by atomic mass is 9.74. The molecule has 1 aliphatic rings. The molecule has 1 fully saturated rings. The Balaban J connectivity index is 1.84. The molecule has 0 aromatic heterocycles. The first-order valence-corrected chi connectivity index (χ1v) is 9.27. The van der Waals surface area contributed by atoms with Crippen molar-refractivity contribution in [3.05, 3.63) is 74.0 Å². The number of carbonyl (C=O) groups is 1. The molecule has 1 amide bonds. The van der Waals surface area contributed by atoms with E-state index in [1.165, 1.54) is 6.92 Å². The first-order valence-electron chi connectivity index (χ1n) is 8.89. The highest BCUT2D eigenvalue weighted by atomic mass is 35.5. The Morgan fingerprint density at radius 1 is 1.32 bits per heavy atom. The molecule has 1 heterocycles. The summed E-state index contributed by atoms with van der Waals surface area (Å²) < 4.78 is 19.5. The normalized spacial score (nSPS) is 15.8. The molecule has 0 spiro atoms. The number of benzene rings is 2. The van der Waals surface area contributed by atoms with Crippen molar-refractivity contribution in [2.75, 3.05) is 19.8 Å². The first kappa shape index (κ1) is 20.2. The van der Waals surface area contributed by atoms with E-state index in [1.54, 1.807) is 6.07 Å². The van der Waals surface area contributed by atoms with Crippen LogP contribution < -0.4 is 5.32 Å². The number of rotatable bonds is 5. The van der Waals surface area contributed by atoms with Crippen LogP contribution in [0.25, 0.3) is 0 Å². The minimum absolute atomic E-state index is 0.0805. The molecular weight excluding hydrogens is 387 g/mol. The molecule has 8 heteroatoms. The summed E-state index contributed by atoms with van der Waals surface area (Å²) in [5.74, 6) is -1.34. The highest BCUT2D eigenvalue weighted by Crippen LogP contribution is 2.35. The van der Waals surface area contributed by atoms with Crippen molar-refractivity contribution >= 4 is 23.2 Å². The van der Waals surface area contributed by atoms with Gasteiger partial charge in [0.1, 0.15) is 5.82 Å². The van der Waals surface area contributed by atoms with Gasteiger partial charge >= 0.3 is 0 Å². The molecule has 148 valence electrons. The van der Waals surface area contributed by atoms with E-state index in [0.717, 1.165) is 17.7 Å². The zero-order valence-corrected chi connectivity index (χ0v) is 16.1. The molecule has 0 aliphatic carbocycles. The van der Waals surface area contributed by atoms with E-state index in [4.69, 9.17) is 16.3 Å². The number of ether oxygens (including phenoxy) is 1. The third-order valence-electron chi connectivity index (χ3n) is 5.25. The summed E-state index contributed by atoms with van der Waals surface area (Å²) in [7, 11) is 0. The number of halogens is 2. The zero-order chi connectivity index (χ0) is 20.3. The van der Waals surface area contributed by atoms with Crippen LogP contribution in [0.5, 0.6) is 0 Å². The molecule has 0 bridgehead atoms. The number of nitrogens with one attached hydrogen (secondary N) is 1. The van der Waals surface area contributed by atoms with Crippen molar-refractivity contribution in [1.29, 1.82) is 0 Å². The van der Waals surface area contributed by atoms with E-state index >= 15 is 0 Å². The lowest BCUT2D eigenvalue weighted by Crippen LogP contribution is -2.44. The van der Waals surface area contributed by atoms with Crippen LogP contribution in [0, 0.1) is 22.9 Å². The number of nitro groups is 1. The molecule has 1 aliphatic heterocycles. The van der Waals surface area contributed by atoms with Gasteiger partial charge in [0.05, 0.1) is 10.5 Å². The topological polar surface area (TPSA) is 81.5 Å². The van der Waals surface area contributed by atoms with Crippen LogP contribution in [0.3, 0.4) is 0 Å². The summed E-state index contributed by atoms with van der Waals surface area (Å²) in [5.41, 5.74) is 0.0310. The number of nitro benzene ring substituents is 1. The average Bonchev–Trinajstić information content (AvgIpc) is 2.68. The van der Waals surface area contributed by atoms with Crippen LogP contribution in [0.2, 0.25) is 5.02 Å². The molecule has 0 unspecified atom stereocenters. The maximum absolute atomic E-state index is 14.0. The van der Waals surface area contributed by atoms with E-state index in [-0.39, 0.29) is 16.5 Å². The summed E-state index contributed by atoms with van der Waals surface area (Å²) in [6, 6.07) is 9.59. The predicted octanol–water partition coefficient (Wildman–Crippen LogP) is 4.17. The average molecular weight is 407 g/mol. The Morgan fingerprint density at radius 3 is 2.68 bits per heavy atom. The van der Waals surface area contributed by atoms with Crippen LogP contribution in [0.4, 0.5) is 10.1 Å². The molecule has 0 atom stereocenters. The Kier molecular flexibility index (Phi) is 5.96. The van der Waals surface area contributed by atoms with Gasteiger partial charge in [-0.2, -0.15) is 0 Å². The third-order valence-corrected chi connectivity index (χ3v) is 5.49. The van der Waals surface area contributed by atoms with E-state index in [2.05, 4.69) is 5.32 Å². The molecule has 0 saturated carbocycles. The second-order valence-electron chi connectivity index (χ2n) is 6.95. The molecule has 3 rings (SSSR count). The van der Waals surface area contributed by atoms with Crippen LogP contribution in [0.15, 0.2) is 36.4 Å². The number of hydrogen-bond acceptors (Lipinski definition) is 4. The van der Waals surface area contributed by atoms with Gasteiger partial charge in [0.25, 0.3) is 11.6 Å². The van der Waals surface area contributed by atoms with Gasteiger partial charge in [-0.05, 0) is 43.5 Å². The first-order chi connectivity index (χ1) is 13.3. The van der Waals surface area contributed by atoms with E-state index < -0.39 is 22.3 Å². The van der Waals surface area contributed by atoms with Gasteiger partial charge in [0, 0.05) is 41.8 Å². The molecule has 1 saturated heterocycles. The standard InChI is InChI=1S/C20H20ClFN2O4/c1-13-17(22)9-14(10-18(13)24(26)27)19(25)23-12-20(5-7-28-8-6-20)15-3-2-4-16(21)11-15/h2-4,9-11H,5-8,12H2,1H3,(H,23,25). The van der Waals surface area contributed by atoms with Gasteiger partial charge in [-0.3, -0.25) is 14.9 Å². The molecule has 2 aromatic rings. The second kappa shape index (κ2) is 8.24. The number of hydrogen-bond donors (Lipinski definition) is 1. The SMILES string of the molecule is Cc1c(F)cc(C(=O)NCC2(c3cccc(Cl)c3)CCOCC2)cc1[N+](=O)[O-]. The number of carbonyl (C=O) groups excluding carboxylic acids is 1. The van der Waals surface area contributed by atoms with Gasteiger partial charge in [0.2, 0.25) is 0 Å². The molecular formula is C20H20ClFN2O4. The summed E-state index contributed by atoms with van der Waals surface area (Å²) in [6.07, 6.45) is 1.38. The van der Waals surface area contributed by atoms with Crippen LogP contribution in [0.1, 0.15) is 34.3 Å². The van der Waals surface area contributed by atoms with Crippen molar-refractivity contribution in [3.63, 3.8) is 0 Å². The smallest absolute Gasteiger partial charge is 0.276 e. The van der Waals surface area contributed by atoms with Crippen molar-refractivity contribution in [1.82, 2.24) is 5.32 Å². The number of nitrogens with zero attached hydrogens (tertiary/aromatic N) is 1. The maximum Gasteiger partial charge on any atom is 0.276 e. The van der Waals surface area contributed by atoms with E-state index in [1.807, 2.05) is 18.2 Å². The third kappa shape index (κ3) is 4.15. The minimum Gasteiger partial charge on any atom is -0.381 e. The lowest BCUT2D eigenvalue weighted by Gasteiger charge is -2.38. The largest absolute Gasteiger partial charge is 0.381 e.